The molecular formula is C25H30BrN7O4. The minimum atomic E-state index is -0.985. The van der Waals surface area contributed by atoms with Gasteiger partial charge in [-0.25, -0.2) is 10.0 Å². The van der Waals surface area contributed by atoms with Gasteiger partial charge in [-0.1, -0.05) is 40.5 Å². The zero-order chi connectivity index (χ0) is 26.7. The Hall–Kier alpha value is -3.32. The summed E-state index contributed by atoms with van der Waals surface area (Å²) in [4.78, 5) is 47.4. The number of aromatic amines is 1. The molecule has 2 aromatic carbocycles. The van der Waals surface area contributed by atoms with Gasteiger partial charge in [0.15, 0.2) is 0 Å². The second-order valence-corrected chi connectivity index (χ2v) is 9.99. The molecule has 0 radical (unpaired) electrons. The Morgan fingerprint density at radius 3 is 2.68 bits per heavy atom. The minimum absolute atomic E-state index is 0.0112. The number of halogens is 1. The highest BCUT2D eigenvalue weighted by atomic mass is 79.9. The SMILES string of the molecule is NCCCC[C@H](N)C(=O)N(O)[C@H]1C[C@@H](C(N)=O)N(C(=O)c2ccc3nc(-c4ccccc4Br)[nH]c3c2)C1. The Morgan fingerprint density at radius 2 is 1.97 bits per heavy atom. The third kappa shape index (κ3) is 5.67. The molecule has 3 aromatic rings. The van der Waals surface area contributed by atoms with Crippen LogP contribution >= 0.6 is 15.9 Å². The lowest BCUT2D eigenvalue weighted by atomic mass is 10.1. The number of fused-ring (bicyclic) bond motifs is 1. The Labute approximate surface area is 222 Å². The van der Waals surface area contributed by atoms with E-state index in [1.165, 1.54) is 4.90 Å². The standard InChI is InChI=1S/C25H30BrN7O4/c26-17-6-2-1-5-16(17)23-30-19-9-8-14(11-20(19)31-23)24(35)32-13-15(12-21(32)22(29)34)33(37)25(36)18(28)7-3-4-10-27/h1-2,5-6,8-9,11,15,18,21,37H,3-4,7,10,12-13,27-28H2,(H2,29,34)(H,30,31)/t15-,18-,21-/m0/s1. The van der Waals surface area contributed by atoms with Crippen molar-refractivity contribution in [3.05, 3.63) is 52.5 Å². The predicted molar refractivity (Wildman–Crippen MR) is 141 cm³/mol. The van der Waals surface area contributed by atoms with Crippen LogP contribution in [-0.2, 0) is 9.59 Å². The van der Waals surface area contributed by atoms with Crippen LogP contribution in [0.2, 0.25) is 0 Å². The Morgan fingerprint density at radius 1 is 1.22 bits per heavy atom. The maximum absolute atomic E-state index is 13.4. The van der Waals surface area contributed by atoms with E-state index in [4.69, 9.17) is 17.2 Å². The number of likely N-dealkylation sites (tertiary alicyclic amines) is 1. The summed E-state index contributed by atoms with van der Waals surface area (Å²) in [6, 6.07) is 9.93. The summed E-state index contributed by atoms with van der Waals surface area (Å²) in [5.41, 5.74) is 19.5. The van der Waals surface area contributed by atoms with Gasteiger partial charge in [-0.05, 0) is 43.7 Å². The molecule has 1 aromatic heterocycles. The molecule has 12 heteroatoms. The first-order valence-corrected chi connectivity index (χ1v) is 12.8. The molecule has 196 valence electrons. The molecule has 1 fully saturated rings. The van der Waals surface area contributed by atoms with E-state index >= 15 is 0 Å². The van der Waals surface area contributed by atoms with Crippen LogP contribution in [0.3, 0.4) is 0 Å². The minimum Gasteiger partial charge on any atom is -0.368 e. The number of hydrogen-bond acceptors (Lipinski definition) is 7. The van der Waals surface area contributed by atoms with Crippen molar-refractivity contribution in [2.24, 2.45) is 17.2 Å². The summed E-state index contributed by atoms with van der Waals surface area (Å²) >= 11 is 3.52. The summed E-state index contributed by atoms with van der Waals surface area (Å²) in [5.74, 6) is -1.19. The molecule has 1 saturated heterocycles. The highest BCUT2D eigenvalue weighted by Gasteiger charge is 2.43. The fraction of sp³-hybridized carbons (Fsp3) is 0.360. The largest absolute Gasteiger partial charge is 0.368 e. The first kappa shape index (κ1) is 26.7. The van der Waals surface area contributed by atoms with Gasteiger partial charge in [-0.3, -0.25) is 19.6 Å². The van der Waals surface area contributed by atoms with E-state index in [0.29, 0.717) is 53.3 Å². The first-order valence-electron chi connectivity index (χ1n) is 12.0. The van der Waals surface area contributed by atoms with Gasteiger partial charge in [0, 0.05) is 28.6 Å². The highest BCUT2D eigenvalue weighted by molar-refractivity contribution is 9.10. The maximum Gasteiger partial charge on any atom is 0.263 e. The molecule has 1 aliphatic rings. The van der Waals surface area contributed by atoms with Gasteiger partial charge in [-0.2, -0.15) is 0 Å². The van der Waals surface area contributed by atoms with Crippen molar-refractivity contribution in [2.45, 2.75) is 43.8 Å². The number of primary amides is 1. The number of amides is 3. The number of carbonyl (C=O) groups is 3. The van der Waals surface area contributed by atoms with Crippen LogP contribution < -0.4 is 17.2 Å². The number of nitrogens with two attached hydrogens (primary N) is 3. The second-order valence-electron chi connectivity index (χ2n) is 9.14. The predicted octanol–water partition coefficient (Wildman–Crippen LogP) is 1.73. The summed E-state index contributed by atoms with van der Waals surface area (Å²) in [6.45, 7) is 0.423. The van der Waals surface area contributed by atoms with Gasteiger partial charge >= 0.3 is 0 Å². The van der Waals surface area contributed by atoms with Crippen LogP contribution in [-0.4, -0.2) is 74.1 Å². The van der Waals surface area contributed by atoms with Crippen LogP contribution in [0, 0.1) is 0 Å². The van der Waals surface area contributed by atoms with E-state index in [1.54, 1.807) is 18.2 Å². The zero-order valence-corrected chi connectivity index (χ0v) is 21.7. The average molecular weight is 572 g/mol. The van der Waals surface area contributed by atoms with Crippen molar-refractivity contribution >= 4 is 44.7 Å². The van der Waals surface area contributed by atoms with Crippen LogP contribution in [0.15, 0.2) is 46.9 Å². The summed E-state index contributed by atoms with van der Waals surface area (Å²) < 4.78 is 0.875. The van der Waals surface area contributed by atoms with Crippen LogP contribution in [0.4, 0.5) is 0 Å². The third-order valence-electron chi connectivity index (χ3n) is 6.58. The molecule has 1 aliphatic heterocycles. The molecule has 8 N–H and O–H groups in total. The van der Waals surface area contributed by atoms with E-state index in [0.717, 1.165) is 10.0 Å². The molecular weight excluding hydrogens is 542 g/mol. The van der Waals surface area contributed by atoms with Crippen LogP contribution in [0.5, 0.6) is 0 Å². The van der Waals surface area contributed by atoms with Gasteiger partial charge in [0.1, 0.15) is 11.9 Å². The van der Waals surface area contributed by atoms with Crippen molar-refractivity contribution < 1.29 is 19.6 Å². The fourth-order valence-corrected chi connectivity index (χ4v) is 5.03. The lowest BCUT2D eigenvalue weighted by molar-refractivity contribution is -0.176. The van der Waals surface area contributed by atoms with Crippen molar-refractivity contribution in [2.75, 3.05) is 13.1 Å². The maximum atomic E-state index is 13.4. The number of nitrogens with one attached hydrogen (secondary N) is 1. The van der Waals surface area contributed by atoms with E-state index in [1.807, 2.05) is 24.3 Å². The molecule has 3 atom stereocenters. The number of unbranched alkanes of at least 4 members (excludes halogenated alkanes) is 1. The highest BCUT2D eigenvalue weighted by Crippen LogP contribution is 2.29. The zero-order valence-electron chi connectivity index (χ0n) is 20.1. The molecule has 2 heterocycles. The van der Waals surface area contributed by atoms with Crippen molar-refractivity contribution in [1.29, 1.82) is 0 Å². The van der Waals surface area contributed by atoms with Gasteiger partial charge in [0.25, 0.3) is 11.8 Å². The number of hydroxylamine groups is 2. The summed E-state index contributed by atoms with van der Waals surface area (Å²) in [6.07, 6.45) is 1.74. The van der Waals surface area contributed by atoms with Gasteiger partial charge in [0.05, 0.1) is 23.1 Å². The quantitative estimate of drug-likeness (QED) is 0.147. The lowest BCUT2D eigenvalue weighted by Crippen LogP contribution is -2.48. The van der Waals surface area contributed by atoms with Crippen LogP contribution in [0.25, 0.3) is 22.4 Å². The Bertz CT molecular complexity index is 1310. The molecule has 0 aliphatic carbocycles. The van der Waals surface area contributed by atoms with Crippen LogP contribution in [0.1, 0.15) is 36.0 Å². The molecule has 37 heavy (non-hydrogen) atoms. The van der Waals surface area contributed by atoms with Crippen molar-refractivity contribution in [3.8, 4) is 11.4 Å². The van der Waals surface area contributed by atoms with E-state index < -0.39 is 35.8 Å². The average Bonchev–Trinajstić information content (AvgIpc) is 3.52. The Balaban J connectivity index is 1.53. The Kier molecular flexibility index (Phi) is 8.22. The normalized spacial score (nSPS) is 18.2. The lowest BCUT2D eigenvalue weighted by Gasteiger charge is -2.25. The summed E-state index contributed by atoms with van der Waals surface area (Å²) in [7, 11) is 0. The number of carbonyl (C=O) groups excluding carboxylic acids is 3. The first-order chi connectivity index (χ1) is 17.7. The van der Waals surface area contributed by atoms with Gasteiger partial charge < -0.3 is 27.1 Å². The smallest absolute Gasteiger partial charge is 0.263 e. The van der Waals surface area contributed by atoms with E-state index in [9.17, 15) is 19.6 Å². The number of aromatic nitrogens is 2. The van der Waals surface area contributed by atoms with Gasteiger partial charge in [-0.15, -0.1) is 0 Å². The topological polar surface area (TPSA) is 185 Å². The molecule has 4 rings (SSSR count). The number of hydrogen-bond donors (Lipinski definition) is 5. The third-order valence-corrected chi connectivity index (χ3v) is 7.28. The monoisotopic (exact) mass is 571 g/mol. The molecule has 0 bridgehead atoms. The number of rotatable bonds is 9. The molecule has 0 spiro atoms. The molecule has 11 nitrogen and oxygen atoms in total. The number of nitrogens with zero attached hydrogens (tertiary/aromatic N) is 3. The molecule has 3 amide bonds. The van der Waals surface area contributed by atoms with E-state index in [2.05, 4.69) is 25.9 Å². The molecule has 0 saturated carbocycles. The van der Waals surface area contributed by atoms with E-state index in [-0.39, 0.29) is 13.0 Å². The van der Waals surface area contributed by atoms with Gasteiger partial charge in [0.2, 0.25) is 5.91 Å². The second kappa shape index (κ2) is 11.4. The fourth-order valence-electron chi connectivity index (χ4n) is 4.56. The molecule has 0 unspecified atom stereocenters. The number of benzene rings is 2. The summed E-state index contributed by atoms with van der Waals surface area (Å²) in [5, 5.41) is 11.1. The van der Waals surface area contributed by atoms with Crippen molar-refractivity contribution in [3.63, 3.8) is 0 Å². The van der Waals surface area contributed by atoms with Crippen molar-refractivity contribution in [1.82, 2.24) is 19.9 Å². The number of H-pyrrole nitrogens is 1. The number of imidazole rings is 1.